The molecule has 1 heterocycles. The highest BCUT2D eigenvalue weighted by molar-refractivity contribution is 5.24. The van der Waals surface area contributed by atoms with Gasteiger partial charge in [-0.3, -0.25) is 14.8 Å². The Kier molecular flexibility index (Phi) is 5.68. The van der Waals surface area contributed by atoms with Crippen LogP contribution in [0.1, 0.15) is 6.04 Å². The zero-order chi connectivity index (χ0) is 16.9. The second-order valence-electron chi connectivity index (χ2n) is 4.10. The molecule has 0 bridgehead atoms. The summed E-state index contributed by atoms with van der Waals surface area (Å²) in [6.07, 6.45) is -2.92. The second kappa shape index (κ2) is 7.06. The summed E-state index contributed by atoms with van der Waals surface area (Å²) in [5, 5.41) is 15.9. The van der Waals surface area contributed by atoms with Crippen molar-refractivity contribution in [2.24, 2.45) is 5.73 Å². The Hall–Kier alpha value is -2.37. The van der Waals surface area contributed by atoms with Gasteiger partial charge in [0, 0.05) is 13.3 Å². The van der Waals surface area contributed by atoms with E-state index in [2.05, 4.69) is 5.10 Å². The molecule has 0 aliphatic heterocycles. The minimum absolute atomic E-state index is 0.170. The lowest BCUT2D eigenvalue weighted by atomic mass is 10.2. The fourth-order valence-electron chi connectivity index (χ4n) is 1.60. The fourth-order valence-corrected chi connectivity index (χ4v) is 1.60. The summed E-state index contributed by atoms with van der Waals surface area (Å²) in [5.74, 6) is -1.36. The molecular formula is C10H13F4N5O3. The van der Waals surface area contributed by atoms with Crippen molar-refractivity contribution in [1.29, 1.82) is 0 Å². The van der Waals surface area contributed by atoms with E-state index in [0.717, 1.165) is 17.1 Å². The van der Waals surface area contributed by atoms with Crippen molar-refractivity contribution in [1.82, 2.24) is 15.1 Å². The first-order chi connectivity index (χ1) is 10.2. The molecule has 12 heteroatoms. The summed E-state index contributed by atoms with van der Waals surface area (Å²) in [6, 6.07) is -1.08. The Labute approximate surface area is 121 Å². The number of methoxy groups -OCH3 is 1. The van der Waals surface area contributed by atoms with Gasteiger partial charge in [-0.25, -0.2) is 0 Å². The van der Waals surface area contributed by atoms with Crippen LogP contribution in [0.15, 0.2) is 18.1 Å². The number of alkyl halides is 3. The molecule has 0 amide bonds. The van der Waals surface area contributed by atoms with E-state index in [1.807, 2.05) is 5.32 Å². The first-order valence-electron chi connectivity index (χ1n) is 5.80. The van der Waals surface area contributed by atoms with Crippen LogP contribution in [0.5, 0.6) is 0 Å². The highest BCUT2D eigenvalue weighted by Crippen LogP contribution is 2.22. The summed E-state index contributed by atoms with van der Waals surface area (Å²) < 4.78 is 55.7. The third kappa shape index (κ3) is 4.58. The minimum Gasteiger partial charge on any atom is -0.403 e. The third-order valence-electron chi connectivity index (χ3n) is 2.54. The Morgan fingerprint density at radius 1 is 1.68 bits per heavy atom. The first-order valence-corrected chi connectivity index (χ1v) is 5.80. The quantitative estimate of drug-likeness (QED) is 0.440. The van der Waals surface area contributed by atoms with Gasteiger partial charge in [-0.05, 0) is 0 Å². The highest BCUT2D eigenvalue weighted by atomic mass is 19.4. The van der Waals surface area contributed by atoms with E-state index in [1.54, 1.807) is 0 Å². The van der Waals surface area contributed by atoms with E-state index in [-0.39, 0.29) is 12.3 Å². The molecule has 1 rings (SSSR count). The molecule has 1 aromatic rings. The van der Waals surface area contributed by atoms with E-state index in [0.29, 0.717) is 0 Å². The number of hydrogen-bond acceptors (Lipinski definition) is 6. The summed E-state index contributed by atoms with van der Waals surface area (Å²) in [4.78, 5) is 9.59. The van der Waals surface area contributed by atoms with Gasteiger partial charge in [-0.1, -0.05) is 0 Å². The molecule has 1 aromatic heterocycles. The molecule has 1 unspecified atom stereocenters. The number of nitrogens with two attached hydrogens (primary N) is 1. The summed E-state index contributed by atoms with van der Waals surface area (Å²) in [5.41, 5.74) is 4.18. The number of halogens is 4. The normalized spacial score (nSPS) is 14.0. The largest absolute Gasteiger partial charge is 0.405 e. The van der Waals surface area contributed by atoms with Gasteiger partial charge in [0.1, 0.15) is 18.8 Å². The van der Waals surface area contributed by atoms with Crippen molar-refractivity contribution < 1.29 is 27.2 Å². The van der Waals surface area contributed by atoms with Crippen molar-refractivity contribution in [2.45, 2.75) is 12.2 Å². The maximum Gasteiger partial charge on any atom is 0.405 e. The van der Waals surface area contributed by atoms with Gasteiger partial charge in [0.25, 0.3) is 0 Å². The topological polar surface area (TPSA) is 108 Å². The van der Waals surface area contributed by atoms with Gasteiger partial charge in [0.2, 0.25) is 0 Å². The van der Waals surface area contributed by atoms with Crippen LogP contribution in [0.2, 0.25) is 0 Å². The smallest absolute Gasteiger partial charge is 0.403 e. The molecule has 0 spiro atoms. The van der Waals surface area contributed by atoms with Crippen LogP contribution in [0.3, 0.4) is 0 Å². The van der Waals surface area contributed by atoms with Gasteiger partial charge in [-0.2, -0.15) is 17.6 Å². The molecule has 22 heavy (non-hydrogen) atoms. The van der Waals surface area contributed by atoms with Gasteiger partial charge in [0.15, 0.2) is 0 Å². The highest BCUT2D eigenvalue weighted by Gasteiger charge is 2.30. The van der Waals surface area contributed by atoms with Crippen LogP contribution < -0.4 is 11.1 Å². The summed E-state index contributed by atoms with van der Waals surface area (Å²) in [6.45, 7) is -1.62. The summed E-state index contributed by atoms with van der Waals surface area (Å²) in [7, 11) is 1.25. The van der Waals surface area contributed by atoms with Crippen molar-refractivity contribution in [2.75, 3.05) is 20.3 Å². The number of aromatic nitrogens is 2. The molecule has 3 N–H and O–H groups in total. The Balaban J connectivity index is 3.05. The molecule has 0 fully saturated rings. The zero-order valence-electron chi connectivity index (χ0n) is 11.3. The van der Waals surface area contributed by atoms with E-state index in [4.69, 9.17) is 10.5 Å². The van der Waals surface area contributed by atoms with Crippen molar-refractivity contribution in [3.05, 3.63) is 34.2 Å². The van der Waals surface area contributed by atoms with Crippen LogP contribution in [-0.2, 0) is 4.74 Å². The second-order valence-corrected chi connectivity index (χ2v) is 4.10. The van der Waals surface area contributed by atoms with Gasteiger partial charge in [-0.15, -0.1) is 5.10 Å². The number of nitrogens with one attached hydrogen (secondary N) is 1. The monoisotopic (exact) mass is 327 g/mol. The predicted molar refractivity (Wildman–Crippen MR) is 66.1 cm³/mol. The molecule has 8 nitrogen and oxygen atoms in total. The SMILES string of the molecule is COCC(/C(=C/N)NCC(F)(F)F)n1cc([N+](=O)[O-])c(F)n1. The predicted octanol–water partition coefficient (Wildman–Crippen LogP) is 1.07. The standard InChI is InChI=1S/C10H13F4N5O3/c1-22-4-8(6(2-15)16-5-10(12,13)14)18-3-7(19(20)21)9(11)17-18/h2-3,8,16H,4-5,15H2,1H3/b6-2-. The lowest BCUT2D eigenvalue weighted by Gasteiger charge is -2.21. The van der Waals surface area contributed by atoms with Crippen LogP contribution in [0.25, 0.3) is 0 Å². The molecule has 124 valence electrons. The van der Waals surface area contributed by atoms with E-state index in [1.165, 1.54) is 7.11 Å². The molecule has 0 aromatic carbocycles. The van der Waals surface area contributed by atoms with Crippen LogP contribution in [-0.4, -0.2) is 41.1 Å². The lowest BCUT2D eigenvalue weighted by Crippen LogP contribution is -2.34. The molecule has 0 aliphatic rings. The number of hydrogen-bond donors (Lipinski definition) is 2. The summed E-state index contributed by atoms with van der Waals surface area (Å²) >= 11 is 0. The molecule has 0 saturated carbocycles. The lowest BCUT2D eigenvalue weighted by molar-refractivity contribution is -0.387. The van der Waals surface area contributed by atoms with Crippen molar-refractivity contribution >= 4 is 5.69 Å². The van der Waals surface area contributed by atoms with Crippen molar-refractivity contribution in [3.63, 3.8) is 0 Å². The van der Waals surface area contributed by atoms with Gasteiger partial charge >= 0.3 is 17.8 Å². The maximum atomic E-state index is 13.3. The Morgan fingerprint density at radius 2 is 2.32 bits per heavy atom. The number of nitrogens with zero attached hydrogens (tertiary/aromatic N) is 3. The van der Waals surface area contributed by atoms with Gasteiger partial charge < -0.3 is 15.8 Å². The maximum absolute atomic E-state index is 13.3. The average molecular weight is 327 g/mol. The molecule has 0 aliphatic carbocycles. The zero-order valence-corrected chi connectivity index (χ0v) is 11.3. The Morgan fingerprint density at radius 3 is 2.73 bits per heavy atom. The van der Waals surface area contributed by atoms with Crippen molar-refractivity contribution in [3.8, 4) is 0 Å². The fraction of sp³-hybridized carbons (Fsp3) is 0.500. The van der Waals surface area contributed by atoms with Crippen LogP contribution in [0.4, 0.5) is 23.2 Å². The van der Waals surface area contributed by atoms with E-state index in [9.17, 15) is 27.7 Å². The number of ether oxygens (including phenoxy) is 1. The van der Waals surface area contributed by atoms with E-state index < -0.39 is 35.3 Å². The minimum atomic E-state index is -4.51. The van der Waals surface area contributed by atoms with Crippen LogP contribution in [0, 0.1) is 16.1 Å². The molecule has 0 saturated heterocycles. The third-order valence-corrected chi connectivity index (χ3v) is 2.54. The molecule has 1 atom stereocenters. The first kappa shape index (κ1) is 17.7. The average Bonchev–Trinajstić information content (AvgIpc) is 2.79. The van der Waals surface area contributed by atoms with Gasteiger partial charge in [0.05, 0.1) is 17.2 Å². The van der Waals surface area contributed by atoms with Crippen LogP contribution >= 0.6 is 0 Å². The van der Waals surface area contributed by atoms with E-state index >= 15 is 0 Å². The molecule has 0 radical (unpaired) electrons. The number of nitro groups is 1. The Bertz CT molecular complexity index is 557. The molecular weight excluding hydrogens is 314 g/mol. The number of rotatable bonds is 7.